The van der Waals surface area contributed by atoms with Crippen LogP contribution in [0, 0.1) is 12.8 Å². The number of rotatable bonds is 7. The number of carbonyl (C=O) groups is 2. The molecular formula is C29H34N4O2S. The summed E-state index contributed by atoms with van der Waals surface area (Å²) >= 11 is 1.46. The van der Waals surface area contributed by atoms with Crippen molar-refractivity contribution in [3.8, 4) is 11.3 Å². The van der Waals surface area contributed by atoms with Gasteiger partial charge in [0.2, 0.25) is 11.8 Å². The molecule has 2 aromatic carbocycles. The number of hydrogen-bond acceptors (Lipinski definition) is 5. The van der Waals surface area contributed by atoms with Crippen LogP contribution in [-0.4, -0.2) is 40.3 Å². The number of nitrogens with zero attached hydrogens (tertiary/aromatic N) is 2. The van der Waals surface area contributed by atoms with Crippen LogP contribution in [0.1, 0.15) is 55.6 Å². The van der Waals surface area contributed by atoms with E-state index in [0.717, 1.165) is 49.9 Å². The summed E-state index contributed by atoms with van der Waals surface area (Å²) in [4.78, 5) is 31.9. The Bertz CT molecular complexity index is 1190. The van der Waals surface area contributed by atoms with E-state index in [0.29, 0.717) is 29.4 Å². The van der Waals surface area contributed by atoms with Crippen LogP contribution < -0.4 is 11.1 Å². The monoisotopic (exact) mass is 502 g/mol. The van der Waals surface area contributed by atoms with Crippen LogP contribution in [0.2, 0.25) is 0 Å². The zero-order valence-corrected chi connectivity index (χ0v) is 21.5. The van der Waals surface area contributed by atoms with Gasteiger partial charge in [0.25, 0.3) is 0 Å². The van der Waals surface area contributed by atoms with E-state index in [1.54, 1.807) is 0 Å². The molecule has 3 N–H and O–H groups in total. The number of nitrogens with two attached hydrogens (primary N) is 1. The number of likely N-dealkylation sites (tertiary alicyclic amines) is 1. The van der Waals surface area contributed by atoms with Gasteiger partial charge in [-0.25, -0.2) is 4.98 Å². The molecule has 2 atom stereocenters. The molecule has 3 aromatic rings. The highest BCUT2D eigenvalue weighted by atomic mass is 32.1. The first-order chi connectivity index (χ1) is 17.5. The van der Waals surface area contributed by atoms with E-state index >= 15 is 0 Å². The SMILES string of the molecule is Cc1ccc(-c2csc(NC(=O)CC3CCC(N4CC(c5ccccc5)CC4C(N)=O)CC3)n2)cc1. The van der Waals surface area contributed by atoms with Crippen LogP contribution >= 0.6 is 11.3 Å². The molecule has 5 rings (SSSR count). The first kappa shape index (κ1) is 24.7. The second kappa shape index (κ2) is 10.9. The molecule has 2 amide bonds. The van der Waals surface area contributed by atoms with Crippen molar-refractivity contribution in [3.63, 3.8) is 0 Å². The number of aryl methyl sites for hydroxylation is 1. The Balaban J connectivity index is 1.12. The van der Waals surface area contributed by atoms with Crippen molar-refractivity contribution in [3.05, 3.63) is 71.1 Å². The summed E-state index contributed by atoms with van der Waals surface area (Å²) in [6, 6.07) is 18.8. The van der Waals surface area contributed by atoms with Crippen molar-refractivity contribution in [1.82, 2.24) is 9.88 Å². The number of anilines is 1. The average molecular weight is 503 g/mol. The molecule has 0 spiro atoms. The van der Waals surface area contributed by atoms with E-state index < -0.39 is 0 Å². The molecule has 7 heteroatoms. The standard InChI is InChI=1S/C29H34N4O2S/c1-19-7-11-22(12-8-19)25-18-36-29(31-25)32-27(34)15-20-9-13-24(14-10-20)33-17-23(16-26(33)28(30)35)21-5-3-2-4-6-21/h2-8,11-12,18,20,23-24,26H,9-10,13-17H2,1H3,(H2,30,35)(H,31,32,34). The summed E-state index contributed by atoms with van der Waals surface area (Å²) in [5.74, 6) is 0.514. The van der Waals surface area contributed by atoms with Crippen LogP contribution in [-0.2, 0) is 9.59 Å². The van der Waals surface area contributed by atoms with E-state index in [4.69, 9.17) is 5.73 Å². The van der Waals surface area contributed by atoms with Gasteiger partial charge in [0.15, 0.2) is 5.13 Å². The molecule has 1 aliphatic carbocycles. The largest absolute Gasteiger partial charge is 0.368 e. The van der Waals surface area contributed by atoms with E-state index in [2.05, 4.69) is 70.7 Å². The predicted octanol–water partition coefficient (Wildman–Crippen LogP) is 5.35. The lowest BCUT2D eigenvalue weighted by Gasteiger charge is -2.37. The quantitative estimate of drug-likeness (QED) is 0.456. The number of primary amides is 1. The van der Waals surface area contributed by atoms with Gasteiger partial charge in [0, 0.05) is 30.0 Å². The lowest BCUT2D eigenvalue weighted by Crippen LogP contribution is -2.47. The highest BCUT2D eigenvalue weighted by Crippen LogP contribution is 2.38. The fourth-order valence-corrected chi connectivity index (χ4v) is 6.55. The fraction of sp³-hybridized carbons (Fsp3) is 0.414. The van der Waals surface area contributed by atoms with Crippen molar-refractivity contribution in [1.29, 1.82) is 0 Å². The molecule has 2 unspecified atom stereocenters. The van der Waals surface area contributed by atoms with Crippen molar-refractivity contribution in [2.24, 2.45) is 11.7 Å². The van der Waals surface area contributed by atoms with Crippen LogP contribution in [0.3, 0.4) is 0 Å². The third kappa shape index (κ3) is 5.68. The number of carbonyl (C=O) groups excluding carboxylic acids is 2. The number of benzene rings is 2. The van der Waals surface area contributed by atoms with Crippen LogP contribution in [0.4, 0.5) is 5.13 Å². The predicted molar refractivity (Wildman–Crippen MR) is 145 cm³/mol. The second-order valence-corrected chi connectivity index (χ2v) is 11.1. The average Bonchev–Trinajstić information content (AvgIpc) is 3.53. The maximum Gasteiger partial charge on any atom is 0.234 e. The van der Waals surface area contributed by atoms with Gasteiger partial charge in [0.1, 0.15) is 0 Å². The Hall–Kier alpha value is -3.03. The molecule has 1 saturated carbocycles. The van der Waals surface area contributed by atoms with Gasteiger partial charge in [0.05, 0.1) is 11.7 Å². The summed E-state index contributed by atoms with van der Waals surface area (Å²) in [5, 5.41) is 5.64. The minimum Gasteiger partial charge on any atom is -0.368 e. The lowest BCUT2D eigenvalue weighted by atomic mass is 9.83. The van der Waals surface area contributed by atoms with Crippen molar-refractivity contribution in [2.45, 2.75) is 63.5 Å². The Morgan fingerprint density at radius 1 is 1.06 bits per heavy atom. The van der Waals surface area contributed by atoms with E-state index in [-0.39, 0.29) is 17.9 Å². The first-order valence-corrected chi connectivity index (χ1v) is 13.8. The topological polar surface area (TPSA) is 88.3 Å². The molecule has 6 nitrogen and oxygen atoms in total. The number of thiazole rings is 1. The van der Waals surface area contributed by atoms with Gasteiger partial charge in [-0.2, -0.15) is 0 Å². The molecule has 0 radical (unpaired) electrons. The van der Waals surface area contributed by atoms with Crippen molar-refractivity contribution < 1.29 is 9.59 Å². The maximum absolute atomic E-state index is 12.7. The molecule has 2 aliphatic rings. The fourth-order valence-electron chi connectivity index (χ4n) is 5.81. The van der Waals surface area contributed by atoms with Gasteiger partial charge in [-0.3, -0.25) is 14.5 Å². The number of hydrogen-bond donors (Lipinski definition) is 2. The van der Waals surface area contributed by atoms with Crippen LogP contribution in [0.5, 0.6) is 0 Å². The van der Waals surface area contributed by atoms with E-state index in [1.807, 2.05) is 11.4 Å². The van der Waals surface area contributed by atoms with Gasteiger partial charge in [-0.05, 0) is 56.4 Å². The third-order valence-corrected chi connectivity index (χ3v) is 8.55. The number of nitrogens with one attached hydrogen (secondary N) is 1. The molecule has 1 aromatic heterocycles. The summed E-state index contributed by atoms with van der Waals surface area (Å²) in [6.45, 7) is 2.94. The van der Waals surface area contributed by atoms with Gasteiger partial charge in [-0.15, -0.1) is 11.3 Å². The first-order valence-electron chi connectivity index (χ1n) is 12.9. The van der Waals surface area contributed by atoms with Gasteiger partial charge in [-0.1, -0.05) is 60.2 Å². The Morgan fingerprint density at radius 3 is 2.47 bits per heavy atom. The summed E-state index contributed by atoms with van der Waals surface area (Å²) < 4.78 is 0. The van der Waals surface area contributed by atoms with Crippen LogP contribution in [0.15, 0.2) is 60.0 Å². The zero-order chi connectivity index (χ0) is 25.1. The van der Waals surface area contributed by atoms with Gasteiger partial charge < -0.3 is 11.1 Å². The zero-order valence-electron chi connectivity index (χ0n) is 20.7. The molecule has 2 heterocycles. The highest BCUT2D eigenvalue weighted by Gasteiger charge is 2.41. The summed E-state index contributed by atoms with van der Waals surface area (Å²) in [6.07, 6.45) is 5.28. The molecular weight excluding hydrogens is 468 g/mol. The lowest BCUT2D eigenvalue weighted by molar-refractivity contribution is -0.123. The molecule has 188 valence electrons. The highest BCUT2D eigenvalue weighted by molar-refractivity contribution is 7.14. The van der Waals surface area contributed by atoms with Crippen molar-refractivity contribution >= 4 is 28.3 Å². The van der Waals surface area contributed by atoms with E-state index in [1.165, 1.54) is 22.5 Å². The summed E-state index contributed by atoms with van der Waals surface area (Å²) in [7, 11) is 0. The second-order valence-electron chi connectivity index (χ2n) is 10.3. The van der Waals surface area contributed by atoms with Crippen LogP contribution in [0.25, 0.3) is 11.3 Å². The molecule has 1 saturated heterocycles. The third-order valence-electron chi connectivity index (χ3n) is 7.80. The Kier molecular flexibility index (Phi) is 7.48. The molecule has 0 bridgehead atoms. The Morgan fingerprint density at radius 2 is 1.78 bits per heavy atom. The minimum absolute atomic E-state index is 0.0311. The summed E-state index contributed by atoms with van der Waals surface area (Å²) in [5.41, 5.74) is 10.2. The van der Waals surface area contributed by atoms with Crippen molar-refractivity contribution in [2.75, 3.05) is 11.9 Å². The molecule has 2 fully saturated rings. The van der Waals surface area contributed by atoms with E-state index in [9.17, 15) is 9.59 Å². The smallest absolute Gasteiger partial charge is 0.234 e. The Labute approximate surface area is 216 Å². The number of amides is 2. The maximum atomic E-state index is 12.7. The normalized spacial score (nSPS) is 24.5. The molecule has 1 aliphatic heterocycles. The van der Waals surface area contributed by atoms with Gasteiger partial charge >= 0.3 is 0 Å². The molecule has 36 heavy (non-hydrogen) atoms. The number of aromatic nitrogens is 1. The minimum atomic E-state index is -0.219.